The maximum Gasteiger partial charge on any atom is 0.129 e. The smallest absolute Gasteiger partial charge is 0.129 e. The first-order valence-electron chi connectivity index (χ1n) is 8.12. The third-order valence-electron chi connectivity index (χ3n) is 4.95. The summed E-state index contributed by atoms with van der Waals surface area (Å²) in [5.74, 6) is 0.605. The van der Waals surface area contributed by atoms with Crippen molar-refractivity contribution in [3.05, 3.63) is 34.6 Å². The Labute approximate surface area is 131 Å². The third kappa shape index (κ3) is 3.77. The Morgan fingerprint density at radius 3 is 2.81 bits per heavy atom. The first-order valence-corrected chi connectivity index (χ1v) is 8.50. The molecule has 1 aliphatic carbocycles. The van der Waals surface area contributed by atoms with Crippen LogP contribution in [-0.2, 0) is 6.54 Å². The van der Waals surface area contributed by atoms with Crippen LogP contribution < -0.4 is 5.32 Å². The zero-order valence-electron chi connectivity index (χ0n) is 12.5. The van der Waals surface area contributed by atoms with E-state index in [1.54, 1.807) is 12.1 Å². The van der Waals surface area contributed by atoms with E-state index in [2.05, 4.69) is 10.2 Å². The minimum Gasteiger partial charge on any atom is -0.311 e. The fourth-order valence-electron chi connectivity index (χ4n) is 3.74. The minimum atomic E-state index is -0.185. The molecule has 1 atom stereocenters. The molecule has 2 nitrogen and oxygen atoms in total. The van der Waals surface area contributed by atoms with Gasteiger partial charge in [0.25, 0.3) is 0 Å². The molecule has 1 saturated heterocycles. The lowest BCUT2D eigenvalue weighted by Gasteiger charge is -2.39. The number of halogens is 2. The molecule has 1 aliphatic heterocycles. The van der Waals surface area contributed by atoms with E-state index in [-0.39, 0.29) is 5.82 Å². The molecular weight excluding hydrogens is 287 g/mol. The Morgan fingerprint density at radius 1 is 1.24 bits per heavy atom. The molecular formula is C17H24ClFN2. The van der Waals surface area contributed by atoms with Gasteiger partial charge in [-0.3, -0.25) is 4.90 Å². The van der Waals surface area contributed by atoms with Crippen molar-refractivity contribution in [1.29, 1.82) is 0 Å². The Morgan fingerprint density at radius 2 is 2.05 bits per heavy atom. The van der Waals surface area contributed by atoms with Crippen LogP contribution in [0, 0.1) is 11.7 Å². The second kappa shape index (κ2) is 7.08. The Balaban J connectivity index is 1.63. The van der Waals surface area contributed by atoms with E-state index in [0.29, 0.717) is 23.2 Å². The van der Waals surface area contributed by atoms with Gasteiger partial charge in [-0.25, -0.2) is 4.39 Å². The van der Waals surface area contributed by atoms with Crippen LogP contribution >= 0.6 is 11.6 Å². The largest absolute Gasteiger partial charge is 0.311 e. The van der Waals surface area contributed by atoms with Crippen molar-refractivity contribution in [2.24, 2.45) is 5.92 Å². The zero-order chi connectivity index (χ0) is 14.7. The average molecular weight is 311 g/mol. The van der Waals surface area contributed by atoms with Gasteiger partial charge in [0.1, 0.15) is 5.82 Å². The molecule has 1 unspecified atom stereocenters. The summed E-state index contributed by atoms with van der Waals surface area (Å²) in [5.41, 5.74) is 0.642. The van der Waals surface area contributed by atoms with Crippen molar-refractivity contribution in [2.45, 2.75) is 44.7 Å². The molecule has 2 fully saturated rings. The summed E-state index contributed by atoms with van der Waals surface area (Å²) in [6.07, 6.45) is 6.79. The molecule has 0 amide bonds. The summed E-state index contributed by atoms with van der Waals surface area (Å²) in [6.45, 7) is 3.59. The quantitative estimate of drug-likeness (QED) is 0.912. The van der Waals surface area contributed by atoms with Crippen LogP contribution in [0.5, 0.6) is 0 Å². The van der Waals surface area contributed by atoms with Crippen molar-refractivity contribution >= 4 is 11.6 Å². The predicted molar refractivity (Wildman–Crippen MR) is 85.1 cm³/mol. The summed E-state index contributed by atoms with van der Waals surface area (Å²) in [5, 5.41) is 4.21. The molecule has 0 spiro atoms. The maximum absolute atomic E-state index is 13.9. The van der Waals surface area contributed by atoms with Gasteiger partial charge >= 0.3 is 0 Å². The van der Waals surface area contributed by atoms with Crippen LogP contribution in [0.3, 0.4) is 0 Å². The van der Waals surface area contributed by atoms with Crippen molar-refractivity contribution < 1.29 is 4.39 Å². The van der Waals surface area contributed by atoms with Gasteiger partial charge in [-0.15, -0.1) is 0 Å². The van der Waals surface area contributed by atoms with E-state index in [1.165, 1.54) is 38.2 Å². The predicted octanol–water partition coefficient (Wildman–Crippen LogP) is 3.83. The number of rotatable bonds is 3. The Bertz CT molecular complexity index is 454. The van der Waals surface area contributed by atoms with Gasteiger partial charge in [-0.2, -0.15) is 0 Å². The molecule has 21 heavy (non-hydrogen) atoms. The van der Waals surface area contributed by atoms with E-state index in [0.717, 1.165) is 25.6 Å². The number of nitrogens with one attached hydrogen (secondary N) is 1. The van der Waals surface area contributed by atoms with Gasteiger partial charge in [0, 0.05) is 42.8 Å². The van der Waals surface area contributed by atoms with Crippen molar-refractivity contribution in [1.82, 2.24) is 10.2 Å². The van der Waals surface area contributed by atoms with Gasteiger partial charge in [-0.1, -0.05) is 36.9 Å². The van der Waals surface area contributed by atoms with E-state index < -0.39 is 0 Å². The highest BCUT2D eigenvalue weighted by molar-refractivity contribution is 6.31. The standard InChI is InChI=1S/C17H24ClFN2/c18-15-7-4-8-16(19)14(15)11-21-10-9-20-17(12-21)13-5-2-1-3-6-13/h4,7-8,13,17,20H,1-3,5-6,9-12H2. The number of nitrogens with zero attached hydrogens (tertiary/aromatic N) is 1. The molecule has 116 valence electrons. The molecule has 0 bridgehead atoms. The molecule has 2 aliphatic rings. The fraction of sp³-hybridized carbons (Fsp3) is 0.647. The summed E-state index contributed by atoms with van der Waals surface area (Å²) in [7, 11) is 0. The molecule has 1 aromatic carbocycles. The van der Waals surface area contributed by atoms with Gasteiger partial charge in [0.2, 0.25) is 0 Å². The molecule has 1 aromatic rings. The number of hydrogen-bond acceptors (Lipinski definition) is 2. The van der Waals surface area contributed by atoms with Crippen LogP contribution in [0.4, 0.5) is 4.39 Å². The molecule has 1 saturated carbocycles. The molecule has 3 rings (SSSR count). The molecule has 1 N–H and O–H groups in total. The van der Waals surface area contributed by atoms with Gasteiger partial charge < -0.3 is 5.32 Å². The maximum atomic E-state index is 13.9. The van der Waals surface area contributed by atoms with Crippen molar-refractivity contribution in [3.63, 3.8) is 0 Å². The first kappa shape index (κ1) is 15.3. The average Bonchev–Trinajstić information content (AvgIpc) is 2.52. The number of hydrogen-bond donors (Lipinski definition) is 1. The Hall–Kier alpha value is -0.640. The second-order valence-electron chi connectivity index (χ2n) is 6.39. The van der Waals surface area contributed by atoms with E-state index >= 15 is 0 Å². The normalized spacial score (nSPS) is 25.1. The second-order valence-corrected chi connectivity index (χ2v) is 6.80. The summed E-state index contributed by atoms with van der Waals surface area (Å²) in [6, 6.07) is 5.51. The summed E-state index contributed by atoms with van der Waals surface area (Å²) >= 11 is 6.15. The highest BCUT2D eigenvalue weighted by Gasteiger charge is 2.28. The van der Waals surface area contributed by atoms with Gasteiger partial charge in [0.05, 0.1) is 0 Å². The highest BCUT2D eigenvalue weighted by atomic mass is 35.5. The molecule has 1 heterocycles. The minimum absolute atomic E-state index is 0.185. The topological polar surface area (TPSA) is 15.3 Å². The SMILES string of the molecule is Fc1cccc(Cl)c1CN1CCNC(C2CCCCC2)C1. The van der Waals surface area contributed by atoms with Crippen LogP contribution in [0.25, 0.3) is 0 Å². The van der Waals surface area contributed by atoms with Crippen LogP contribution in [0.15, 0.2) is 18.2 Å². The third-order valence-corrected chi connectivity index (χ3v) is 5.31. The Kier molecular flexibility index (Phi) is 5.15. The molecule has 4 heteroatoms. The van der Waals surface area contributed by atoms with Crippen LogP contribution in [0.1, 0.15) is 37.7 Å². The van der Waals surface area contributed by atoms with E-state index in [1.807, 2.05) is 0 Å². The monoisotopic (exact) mass is 310 g/mol. The molecule has 0 radical (unpaired) electrons. The van der Waals surface area contributed by atoms with Gasteiger partial charge in [-0.05, 0) is 30.9 Å². The summed E-state index contributed by atoms with van der Waals surface area (Å²) in [4.78, 5) is 2.35. The van der Waals surface area contributed by atoms with Crippen LogP contribution in [-0.4, -0.2) is 30.6 Å². The highest BCUT2D eigenvalue weighted by Crippen LogP contribution is 2.28. The summed E-state index contributed by atoms with van der Waals surface area (Å²) < 4.78 is 13.9. The van der Waals surface area contributed by atoms with Gasteiger partial charge in [0.15, 0.2) is 0 Å². The number of benzene rings is 1. The van der Waals surface area contributed by atoms with Crippen molar-refractivity contribution in [3.8, 4) is 0 Å². The van der Waals surface area contributed by atoms with Crippen molar-refractivity contribution in [2.75, 3.05) is 19.6 Å². The zero-order valence-corrected chi connectivity index (χ0v) is 13.2. The lowest BCUT2D eigenvalue weighted by atomic mass is 9.83. The fourth-order valence-corrected chi connectivity index (χ4v) is 3.97. The first-order chi connectivity index (χ1) is 10.2. The van der Waals surface area contributed by atoms with E-state index in [4.69, 9.17) is 11.6 Å². The lowest BCUT2D eigenvalue weighted by molar-refractivity contribution is 0.140. The van der Waals surface area contributed by atoms with Crippen LogP contribution in [0.2, 0.25) is 5.02 Å². The molecule has 0 aromatic heterocycles. The number of piperazine rings is 1. The lowest BCUT2D eigenvalue weighted by Crippen LogP contribution is -2.53. The van der Waals surface area contributed by atoms with E-state index in [9.17, 15) is 4.39 Å².